The van der Waals surface area contributed by atoms with Crippen molar-refractivity contribution in [2.24, 2.45) is 0 Å². The molecule has 84 valence electrons. The van der Waals surface area contributed by atoms with E-state index in [2.05, 4.69) is 9.62 Å². The molecule has 0 amide bonds. The molecule has 15 heavy (non-hydrogen) atoms. The van der Waals surface area contributed by atoms with Crippen molar-refractivity contribution in [3.63, 3.8) is 0 Å². The van der Waals surface area contributed by atoms with Crippen LogP contribution in [0.15, 0.2) is 30.3 Å². The molecule has 4 nitrogen and oxygen atoms in total. The van der Waals surface area contributed by atoms with Crippen LogP contribution in [0.25, 0.3) is 0 Å². The highest BCUT2D eigenvalue weighted by molar-refractivity contribution is 5.65. The minimum atomic E-state index is -0.211. The number of hydrogen-bond acceptors (Lipinski definition) is 4. The van der Waals surface area contributed by atoms with Crippen molar-refractivity contribution in [3.8, 4) is 0 Å². The van der Waals surface area contributed by atoms with Gasteiger partial charge in [0.2, 0.25) is 0 Å². The molecular weight excluding hydrogens is 196 g/mol. The molecule has 0 heterocycles. The van der Waals surface area contributed by atoms with Gasteiger partial charge in [0.1, 0.15) is 6.61 Å². The third-order valence-corrected chi connectivity index (χ3v) is 1.42. The number of esters is 1. The number of carbonyl (C=O) groups excluding carboxylic acids is 1. The fourth-order valence-corrected chi connectivity index (χ4v) is 0.852. The lowest BCUT2D eigenvalue weighted by molar-refractivity contribution is -0.253. The topological polar surface area (TPSA) is 55.8 Å². The van der Waals surface area contributed by atoms with Crippen LogP contribution in [0.3, 0.4) is 0 Å². The van der Waals surface area contributed by atoms with Crippen LogP contribution >= 0.6 is 0 Å². The summed E-state index contributed by atoms with van der Waals surface area (Å²) in [5, 5.41) is 8.02. The third-order valence-electron chi connectivity index (χ3n) is 1.42. The summed E-state index contributed by atoms with van der Waals surface area (Å²) in [5.41, 5.74) is 0.972. The van der Waals surface area contributed by atoms with Crippen LogP contribution in [0.2, 0.25) is 0 Å². The van der Waals surface area contributed by atoms with Crippen LogP contribution in [-0.4, -0.2) is 17.8 Å². The number of rotatable bonds is 3. The van der Waals surface area contributed by atoms with Crippen molar-refractivity contribution in [1.82, 2.24) is 0 Å². The number of carbonyl (C=O) groups is 1. The summed E-state index contributed by atoms with van der Waals surface area (Å²) < 4.78 is 4.40. The maximum atomic E-state index is 9.82. The molecule has 0 saturated heterocycles. The zero-order chi connectivity index (χ0) is 11.5. The van der Waals surface area contributed by atoms with Crippen molar-refractivity contribution >= 4 is 5.97 Å². The zero-order valence-corrected chi connectivity index (χ0v) is 8.97. The Labute approximate surface area is 89.4 Å². The van der Waals surface area contributed by atoms with E-state index < -0.39 is 0 Å². The second-order valence-corrected chi connectivity index (χ2v) is 2.68. The summed E-state index contributed by atoms with van der Waals surface area (Å²) in [5.74, 6) is -0.211. The SMILES string of the molecule is CCOC(C)=O.OOCc1ccccc1. The van der Waals surface area contributed by atoms with Gasteiger partial charge in [-0.05, 0) is 12.5 Å². The van der Waals surface area contributed by atoms with Crippen molar-refractivity contribution in [3.05, 3.63) is 35.9 Å². The van der Waals surface area contributed by atoms with Crippen LogP contribution in [0.1, 0.15) is 19.4 Å². The Morgan fingerprint density at radius 2 is 1.93 bits per heavy atom. The van der Waals surface area contributed by atoms with Gasteiger partial charge in [-0.15, -0.1) is 0 Å². The van der Waals surface area contributed by atoms with E-state index in [1.165, 1.54) is 6.92 Å². The Bertz CT molecular complexity index is 259. The molecule has 0 atom stereocenters. The lowest BCUT2D eigenvalue weighted by Gasteiger charge is -1.93. The van der Waals surface area contributed by atoms with E-state index in [0.717, 1.165) is 5.56 Å². The van der Waals surface area contributed by atoms with Crippen LogP contribution in [-0.2, 0) is 21.0 Å². The predicted octanol–water partition coefficient (Wildman–Crippen LogP) is 2.25. The predicted molar refractivity (Wildman–Crippen MR) is 56.2 cm³/mol. The molecule has 1 aromatic rings. The Balaban J connectivity index is 0.000000288. The van der Waals surface area contributed by atoms with Gasteiger partial charge in [-0.1, -0.05) is 30.3 Å². The van der Waals surface area contributed by atoms with E-state index >= 15 is 0 Å². The molecule has 0 fully saturated rings. The molecular formula is C11H16O4. The summed E-state index contributed by atoms with van der Waals surface area (Å²) in [7, 11) is 0. The lowest BCUT2D eigenvalue weighted by Crippen LogP contribution is -1.95. The van der Waals surface area contributed by atoms with Crippen LogP contribution in [0.4, 0.5) is 0 Å². The van der Waals surface area contributed by atoms with Crippen molar-refractivity contribution in [2.75, 3.05) is 6.61 Å². The van der Waals surface area contributed by atoms with E-state index in [-0.39, 0.29) is 12.6 Å². The Hall–Kier alpha value is -1.39. The van der Waals surface area contributed by atoms with Gasteiger partial charge in [0, 0.05) is 6.92 Å². The van der Waals surface area contributed by atoms with Crippen LogP contribution < -0.4 is 0 Å². The third kappa shape index (κ3) is 8.93. The first kappa shape index (κ1) is 13.6. The average molecular weight is 212 g/mol. The van der Waals surface area contributed by atoms with Crippen molar-refractivity contribution in [1.29, 1.82) is 0 Å². The Morgan fingerprint density at radius 3 is 2.27 bits per heavy atom. The molecule has 0 bridgehead atoms. The highest BCUT2D eigenvalue weighted by atomic mass is 17.1. The van der Waals surface area contributed by atoms with Crippen LogP contribution in [0, 0.1) is 0 Å². The van der Waals surface area contributed by atoms with Gasteiger partial charge in [0.25, 0.3) is 0 Å². The molecule has 1 aromatic carbocycles. The minimum Gasteiger partial charge on any atom is -0.466 e. The van der Waals surface area contributed by atoms with Gasteiger partial charge in [-0.3, -0.25) is 10.1 Å². The molecule has 0 aliphatic rings. The smallest absolute Gasteiger partial charge is 0.302 e. The van der Waals surface area contributed by atoms with Gasteiger partial charge in [0.15, 0.2) is 0 Å². The van der Waals surface area contributed by atoms with E-state index in [9.17, 15) is 4.79 Å². The first-order chi connectivity index (χ1) is 7.20. The summed E-state index contributed by atoms with van der Waals surface area (Å²) in [6.07, 6.45) is 0. The molecule has 1 rings (SSSR count). The van der Waals surface area contributed by atoms with Crippen molar-refractivity contribution < 1.29 is 19.7 Å². The van der Waals surface area contributed by atoms with Gasteiger partial charge < -0.3 is 4.74 Å². The second-order valence-electron chi connectivity index (χ2n) is 2.68. The fraction of sp³-hybridized carbons (Fsp3) is 0.364. The molecule has 4 heteroatoms. The summed E-state index contributed by atoms with van der Waals surface area (Å²) in [6, 6.07) is 9.48. The van der Waals surface area contributed by atoms with Gasteiger partial charge in [-0.2, -0.15) is 0 Å². The fourth-order valence-electron chi connectivity index (χ4n) is 0.852. The normalized spacial score (nSPS) is 8.73. The van der Waals surface area contributed by atoms with Gasteiger partial charge >= 0.3 is 5.97 Å². The summed E-state index contributed by atoms with van der Waals surface area (Å²) in [4.78, 5) is 13.7. The average Bonchev–Trinajstić information content (AvgIpc) is 2.20. The van der Waals surface area contributed by atoms with Gasteiger partial charge in [-0.25, -0.2) is 4.89 Å². The second kappa shape index (κ2) is 9.18. The van der Waals surface area contributed by atoms with E-state index in [1.807, 2.05) is 30.3 Å². The molecule has 0 aromatic heterocycles. The highest BCUT2D eigenvalue weighted by Gasteiger charge is 1.86. The summed E-state index contributed by atoms with van der Waals surface area (Å²) >= 11 is 0. The molecule has 0 spiro atoms. The van der Waals surface area contributed by atoms with E-state index in [4.69, 9.17) is 5.26 Å². The number of benzene rings is 1. The van der Waals surface area contributed by atoms with Crippen LogP contribution in [0.5, 0.6) is 0 Å². The van der Waals surface area contributed by atoms with Crippen molar-refractivity contribution in [2.45, 2.75) is 20.5 Å². The first-order valence-corrected chi connectivity index (χ1v) is 4.64. The molecule has 0 unspecified atom stereocenters. The van der Waals surface area contributed by atoms with E-state index in [0.29, 0.717) is 6.61 Å². The number of ether oxygens (including phenoxy) is 1. The number of hydrogen-bond donors (Lipinski definition) is 1. The molecule has 0 aliphatic carbocycles. The standard InChI is InChI=1S/C7H8O2.C4H8O2/c8-9-6-7-4-2-1-3-5-7;1-3-6-4(2)5/h1-5,8H,6H2;3H2,1-2H3. The highest BCUT2D eigenvalue weighted by Crippen LogP contribution is 1.98. The Morgan fingerprint density at radius 1 is 1.33 bits per heavy atom. The maximum Gasteiger partial charge on any atom is 0.302 e. The summed E-state index contributed by atoms with van der Waals surface area (Å²) in [6.45, 7) is 3.92. The zero-order valence-electron chi connectivity index (χ0n) is 8.97. The minimum absolute atomic E-state index is 0.211. The first-order valence-electron chi connectivity index (χ1n) is 4.64. The molecule has 1 N–H and O–H groups in total. The molecule has 0 radical (unpaired) electrons. The van der Waals surface area contributed by atoms with Gasteiger partial charge in [0.05, 0.1) is 6.61 Å². The monoisotopic (exact) mass is 212 g/mol. The molecule has 0 saturated carbocycles. The lowest BCUT2D eigenvalue weighted by atomic mass is 10.2. The largest absolute Gasteiger partial charge is 0.466 e. The maximum absolute atomic E-state index is 9.82. The molecule has 0 aliphatic heterocycles. The quantitative estimate of drug-likeness (QED) is 0.474. The van der Waals surface area contributed by atoms with E-state index in [1.54, 1.807) is 6.92 Å². The Kier molecular flexibility index (Phi) is 8.33.